The number of nitrogens with one attached hydrogen (secondary N) is 2. The maximum absolute atomic E-state index is 11.4. The summed E-state index contributed by atoms with van der Waals surface area (Å²) in [5, 5.41) is 9.01. The topological polar surface area (TPSA) is 123 Å². The maximum Gasteiger partial charge on any atom is 0.249 e. The minimum Gasteiger partial charge on any atom is -0.481 e. The Balaban J connectivity index is 0.000000239. The monoisotopic (exact) mass is 483 g/mol. The third kappa shape index (κ3) is 4.97. The average molecular weight is 484 g/mol. The van der Waals surface area contributed by atoms with E-state index in [1.165, 1.54) is 16.2 Å². The van der Waals surface area contributed by atoms with Gasteiger partial charge < -0.3 is 20.8 Å². The Morgan fingerprint density at radius 3 is 2.71 bits per heavy atom. The highest BCUT2D eigenvalue weighted by molar-refractivity contribution is 7.22. The Morgan fingerprint density at radius 2 is 1.94 bits per heavy atom. The van der Waals surface area contributed by atoms with Crippen LogP contribution >= 0.6 is 11.3 Å². The molecule has 5 heterocycles. The largest absolute Gasteiger partial charge is 0.481 e. The number of aromatic nitrogens is 5. The Kier molecular flexibility index (Phi) is 6.10. The molecule has 6 aromatic rings. The molecule has 0 aliphatic rings. The molecule has 6 rings (SSSR count). The van der Waals surface area contributed by atoms with Crippen LogP contribution in [0.5, 0.6) is 5.88 Å². The molecule has 0 aliphatic heterocycles. The lowest BCUT2D eigenvalue weighted by Crippen LogP contribution is -2.05. The summed E-state index contributed by atoms with van der Waals surface area (Å²) >= 11 is 1.71. The van der Waals surface area contributed by atoms with Crippen molar-refractivity contribution in [3.05, 3.63) is 95.7 Å². The number of hydrogen-bond donors (Lipinski definition) is 3. The quantitative estimate of drug-likeness (QED) is 0.332. The highest BCUT2D eigenvalue weighted by Crippen LogP contribution is 2.33. The molecular weight excluding hydrogens is 462 g/mol. The number of ether oxygens (including phenoxy) is 1. The van der Waals surface area contributed by atoms with Gasteiger partial charge in [0, 0.05) is 40.6 Å². The number of anilines is 3. The molecule has 10 heteroatoms. The molecule has 0 amide bonds. The molecule has 35 heavy (non-hydrogen) atoms. The fraction of sp³-hybridized carbons (Fsp3) is 0.0400. The van der Waals surface area contributed by atoms with Crippen LogP contribution in [0.15, 0.2) is 90.1 Å². The van der Waals surface area contributed by atoms with Crippen molar-refractivity contribution >= 4 is 44.3 Å². The predicted octanol–water partition coefficient (Wildman–Crippen LogP) is 4.72. The second-order valence-corrected chi connectivity index (χ2v) is 8.56. The van der Waals surface area contributed by atoms with Crippen LogP contribution in [-0.2, 0) is 0 Å². The van der Waals surface area contributed by atoms with E-state index in [1.54, 1.807) is 49.0 Å². The van der Waals surface area contributed by atoms with Gasteiger partial charge in [0.15, 0.2) is 11.5 Å². The summed E-state index contributed by atoms with van der Waals surface area (Å²) in [6, 6.07) is 20.9. The van der Waals surface area contributed by atoms with Gasteiger partial charge in [0.05, 0.1) is 18.2 Å². The second-order valence-electron chi connectivity index (χ2n) is 7.48. The first-order valence-corrected chi connectivity index (χ1v) is 11.5. The molecule has 1 aromatic carbocycles. The van der Waals surface area contributed by atoms with Gasteiger partial charge in [0.1, 0.15) is 5.69 Å². The molecule has 0 fully saturated rings. The third-order valence-electron chi connectivity index (χ3n) is 5.06. The molecule has 0 bridgehead atoms. The van der Waals surface area contributed by atoms with Crippen LogP contribution in [0.2, 0.25) is 0 Å². The predicted molar refractivity (Wildman–Crippen MR) is 139 cm³/mol. The summed E-state index contributed by atoms with van der Waals surface area (Å²) in [5.74, 6) is 1.19. The van der Waals surface area contributed by atoms with Crippen LogP contribution in [-0.4, -0.2) is 31.7 Å². The minimum atomic E-state index is -0.162. The molecule has 5 aromatic heterocycles. The smallest absolute Gasteiger partial charge is 0.249 e. The van der Waals surface area contributed by atoms with Crippen LogP contribution < -0.4 is 21.3 Å². The number of nitrogen functional groups attached to an aromatic ring is 1. The highest BCUT2D eigenvalue weighted by Gasteiger charge is 2.11. The Hall–Kier alpha value is -4.70. The third-order valence-corrected chi connectivity index (χ3v) is 6.19. The number of H-pyrrole nitrogens is 1. The Labute approximate surface area is 203 Å². The van der Waals surface area contributed by atoms with Gasteiger partial charge in [0.25, 0.3) is 0 Å². The number of rotatable bonds is 4. The summed E-state index contributed by atoms with van der Waals surface area (Å²) in [7, 11) is 1.56. The van der Waals surface area contributed by atoms with Crippen molar-refractivity contribution in [2.45, 2.75) is 0 Å². The van der Waals surface area contributed by atoms with Gasteiger partial charge in [-0.05, 0) is 41.8 Å². The number of fused-ring (bicyclic) bond motifs is 2. The molecule has 0 unspecified atom stereocenters. The van der Waals surface area contributed by atoms with Crippen molar-refractivity contribution < 1.29 is 4.74 Å². The fourth-order valence-electron chi connectivity index (χ4n) is 3.42. The van der Waals surface area contributed by atoms with E-state index in [4.69, 9.17) is 10.5 Å². The van der Waals surface area contributed by atoms with Crippen LogP contribution in [0.1, 0.15) is 0 Å². The molecule has 0 radical (unpaired) electrons. The standard InChI is InChI=1S/C19H13N5OS.C6H8N2O/c25-19-10-13(7-8-20-19)22-17-5-6-18-21-11-14(24(18)23-17)16-9-12-3-1-2-4-15(12)26-16;1-9-6-4-5(7)2-3-8-6/h1-11H,(H2,20,22,23,25);2-4H,1H3,(H2,7,8). The number of nitrogens with zero attached hydrogens (tertiary/aromatic N) is 4. The number of thiophene rings is 1. The fourth-order valence-corrected chi connectivity index (χ4v) is 4.48. The van der Waals surface area contributed by atoms with Crippen molar-refractivity contribution in [1.82, 2.24) is 24.6 Å². The number of methoxy groups -OCH3 is 1. The van der Waals surface area contributed by atoms with Crippen LogP contribution in [0.25, 0.3) is 26.3 Å². The van der Waals surface area contributed by atoms with Gasteiger partial charge in [-0.1, -0.05) is 18.2 Å². The van der Waals surface area contributed by atoms with E-state index in [0.717, 1.165) is 16.2 Å². The zero-order chi connectivity index (χ0) is 24.2. The lowest BCUT2D eigenvalue weighted by Gasteiger charge is -2.06. The summed E-state index contributed by atoms with van der Waals surface area (Å²) < 4.78 is 7.86. The van der Waals surface area contributed by atoms with E-state index in [0.29, 0.717) is 23.1 Å². The molecule has 0 atom stereocenters. The van der Waals surface area contributed by atoms with Gasteiger partial charge in [-0.3, -0.25) is 4.79 Å². The molecular formula is C25H21N7O2S. The second kappa shape index (κ2) is 9.65. The highest BCUT2D eigenvalue weighted by atomic mass is 32.1. The average Bonchev–Trinajstić information content (AvgIpc) is 3.48. The Bertz CT molecular complexity index is 1640. The van der Waals surface area contributed by atoms with Crippen molar-refractivity contribution in [2.24, 2.45) is 0 Å². The molecule has 174 valence electrons. The molecule has 0 aliphatic carbocycles. The van der Waals surface area contributed by atoms with E-state index in [9.17, 15) is 4.79 Å². The van der Waals surface area contributed by atoms with Crippen molar-refractivity contribution in [1.29, 1.82) is 0 Å². The zero-order valence-corrected chi connectivity index (χ0v) is 19.5. The Morgan fingerprint density at radius 1 is 1.06 bits per heavy atom. The zero-order valence-electron chi connectivity index (χ0n) is 18.7. The van der Waals surface area contributed by atoms with E-state index >= 15 is 0 Å². The first-order chi connectivity index (χ1) is 17.1. The molecule has 4 N–H and O–H groups in total. The summed E-state index contributed by atoms with van der Waals surface area (Å²) in [4.78, 5) is 23.5. The number of imidazole rings is 1. The summed E-state index contributed by atoms with van der Waals surface area (Å²) in [6.07, 6.45) is 5.04. The van der Waals surface area contributed by atoms with Gasteiger partial charge in [-0.15, -0.1) is 16.4 Å². The summed E-state index contributed by atoms with van der Waals surface area (Å²) in [6.45, 7) is 0. The van der Waals surface area contributed by atoms with Crippen LogP contribution in [0.3, 0.4) is 0 Å². The number of hydrogen-bond acceptors (Lipinski definition) is 8. The molecule has 0 spiro atoms. The van der Waals surface area contributed by atoms with Crippen LogP contribution in [0, 0.1) is 0 Å². The van der Waals surface area contributed by atoms with E-state index in [-0.39, 0.29) is 5.56 Å². The van der Waals surface area contributed by atoms with Crippen molar-refractivity contribution in [2.75, 3.05) is 18.2 Å². The van der Waals surface area contributed by atoms with E-state index in [1.807, 2.05) is 35.0 Å². The van der Waals surface area contributed by atoms with Crippen LogP contribution in [0.4, 0.5) is 17.2 Å². The molecule has 0 saturated heterocycles. The normalized spacial score (nSPS) is 10.7. The van der Waals surface area contributed by atoms with Gasteiger partial charge in [0.2, 0.25) is 11.4 Å². The van der Waals surface area contributed by atoms with Gasteiger partial charge in [-0.2, -0.15) is 0 Å². The molecule has 9 nitrogen and oxygen atoms in total. The van der Waals surface area contributed by atoms with E-state index < -0.39 is 0 Å². The van der Waals surface area contributed by atoms with Crippen molar-refractivity contribution in [3.8, 4) is 16.5 Å². The lowest BCUT2D eigenvalue weighted by atomic mass is 10.2. The number of benzene rings is 1. The van der Waals surface area contributed by atoms with E-state index in [2.05, 4.69) is 43.6 Å². The van der Waals surface area contributed by atoms with Gasteiger partial charge >= 0.3 is 0 Å². The summed E-state index contributed by atoms with van der Waals surface area (Å²) in [5.41, 5.74) is 8.32. The number of pyridine rings is 2. The van der Waals surface area contributed by atoms with Gasteiger partial charge in [-0.25, -0.2) is 14.5 Å². The first kappa shape index (κ1) is 22.1. The minimum absolute atomic E-state index is 0.162. The van der Waals surface area contributed by atoms with Crippen molar-refractivity contribution in [3.63, 3.8) is 0 Å². The SMILES string of the molecule is COc1cc(N)ccn1.O=c1cc(Nc2ccc3ncc(-c4cc5ccccc5s4)n3n2)cc[nH]1. The number of aromatic amines is 1. The lowest BCUT2D eigenvalue weighted by molar-refractivity contribution is 0.398. The molecule has 0 saturated carbocycles. The first-order valence-electron chi connectivity index (χ1n) is 10.6. The maximum atomic E-state index is 11.4. The number of nitrogens with two attached hydrogens (primary N) is 1.